The normalized spacial score (nSPS) is 10.8. The Bertz CT molecular complexity index is 1000. The minimum absolute atomic E-state index is 0. The van der Waals surface area contributed by atoms with Crippen LogP contribution in [0.15, 0.2) is 30.3 Å². The van der Waals surface area contributed by atoms with Crippen molar-refractivity contribution in [1.82, 2.24) is 9.88 Å². The smallest absolute Gasteiger partial charge is 0.324 e. The Morgan fingerprint density at radius 3 is 2.59 bits per heavy atom. The summed E-state index contributed by atoms with van der Waals surface area (Å²) in [5, 5.41) is 11.5. The third-order valence-electron chi connectivity index (χ3n) is 4.03. The summed E-state index contributed by atoms with van der Waals surface area (Å²) in [7, 11) is 5.54. The molecule has 3 rings (SSSR count). The van der Waals surface area contributed by atoms with E-state index in [1.54, 1.807) is 12.0 Å². The number of nitrogens with zero attached hydrogens (tertiary/aromatic N) is 4. The number of anilines is 1. The first-order valence-electron chi connectivity index (χ1n) is 8.54. The fourth-order valence-electron chi connectivity index (χ4n) is 2.64. The number of methoxy groups -OCH3 is 1. The van der Waals surface area contributed by atoms with Crippen LogP contribution in [0, 0.1) is 10.1 Å². The number of ether oxygens (including phenoxy) is 1. The van der Waals surface area contributed by atoms with Crippen LogP contribution in [-0.2, 0) is 0 Å². The van der Waals surface area contributed by atoms with Gasteiger partial charge in [-0.1, -0.05) is 22.7 Å². The van der Waals surface area contributed by atoms with Crippen LogP contribution in [0.3, 0.4) is 0 Å². The third-order valence-corrected chi connectivity index (χ3v) is 6.10. The van der Waals surface area contributed by atoms with E-state index in [0.29, 0.717) is 16.6 Å². The van der Waals surface area contributed by atoms with Crippen LogP contribution < -0.4 is 9.64 Å². The Kier molecular flexibility index (Phi) is 7.91. The highest BCUT2D eigenvalue weighted by Crippen LogP contribution is 2.33. The van der Waals surface area contributed by atoms with E-state index >= 15 is 0 Å². The summed E-state index contributed by atoms with van der Waals surface area (Å²) < 4.78 is 6.17. The average molecular weight is 457 g/mol. The molecule has 3 aromatic rings. The molecule has 0 aliphatic carbocycles. The summed E-state index contributed by atoms with van der Waals surface area (Å²) in [6.45, 7) is 1.28. The molecule has 0 atom stereocenters. The second kappa shape index (κ2) is 9.97. The highest BCUT2D eigenvalue weighted by atomic mass is 35.5. The average Bonchev–Trinajstić information content (AvgIpc) is 3.30. The zero-order chi connectivity index (χ0) is 20.3. The lowest BCUT2D eigenvalue weighted by atomic mass is 10.3. The number of hydrogen-bond acceptors (Lipinski definition) is 8. The van der Waals surface area contributed by atoms with Crippen LogP contribution >= 0.6 is 35.1 Å². The zero-order valence-corrected chi connectivity index (χ0v) is 18.6. The third kappa shape index (κ3) is 5.41. The summed E-state index contributed by atoms with van der Waals surface area (Å²) in [5.41, 5.74) is 0.781. The molecule has 8 nitrogen and oxygen atoms in total. The number of carbonyl (C=O) groups is 1. The van der Waals surface area contributed by atoms with Crippen LogP contribution in [0.4, 0.5) is 10.1 Å². The Labute approximate surface area is 182 Å². The highest BCUT2D eigenvalue weighted by Gasteiger charge is 2.24. The molecule has 0 unspecified atom stereocenters. The monoisotopic (exact) mass is 456 g/mol. The molecule has 0 spiro atoms. The van der Waals surface area contributed by atoms with Gasteiger partial charge >= 0.3 is 5.00 Å². The Hall–Kier alpha value is -2.27. The maximum absolute atomic E-state index is 13.1. The van der Waals surface area contributed by atoms with Gasteiger partial charge in [-0.25, -0.2) is 4.98 Å². The molecule has 156 valence electrons. The van der Waals surface area contributed by atoms with Crippen molar-refractivity contribution in [3.63, 3.8) is 0 Å². The Morgan fingerprint density at radius 2 is 1.97 bits per heavy atom. The van der Waals surface area contributed by atoms with Crippen molar-refractivity contribution in [2.45, 2.75) is 6.42 Å². The molecule has 0 radical (unpaired) electrons. The fourth-order valence-corrected chi connectivity index (χ4v) is 4.43. The maximum Gasteiger partial charge on any atom is 0.324 e. The second-order valence-electron chi connectivity index (χ2n) is 6.34. The molecule has 2 aromatic heterocycles. The number of aromatic nitrogens is 1. The lowest BCUT2D eigenvalue weighted by Gasteiger charge is -2.20. The molecule has 0 saturated heterocycles. The predicted octanol–water partition coefficient (Wildman–Crippen LogP) is 4.29. The Balaban J connectivity index is 0.00000300. The van der Waals surface area contributed by atoms with Crippen molar-refractivity contribution in [3.05, 3.63) is 45.3 Å². The van der Waals surface area contributed by atoms with E-state index in [1.165, 1.54) is 23.5 Å². The van der Waals surface area contributed by atoms with Gasteiger partial charge in [0.1, 0.15) is 5.75 Å². The van der Waals surface area contributed by atoms with Gasteiger partial charge in [-0.3, -0.25) is 19.8 Å². The lowest BCUT2D eigenvalue weighted by molar-refractivity contribution is -0.380. The molecule has 0 fully saturated rings. The number of thiophene rings is 1. The van der Waals surface area contributed by atoms with E-state index in [0.717, 1.165) is 40.3 Å². The van der Waals surface area contributed by atoms with Crippen molar-refractivity contribution in [3.8, 4) is 5.75 Å². The number of fused-ring (bicyclic) bond motifs is 1. The van der Waals surface area contributed by atoms with Crippen molar-refractivity contribution in [1.29, 1.82) is 0 Å². The van der Waals surface area contributed by atoms with Crippen LogP contribution in [0.2, 0.25) is 0 Å². The van der Waals surface area contributed by atoms with Gasteiger partial charge in [0.25, 0.3) is 5.91 Å². The SMILES string of the molecule is COc1ccc2nc(N(CCCN(C)C)C(=O)c3ccc([N+](=O)[O-])s3)sc2c1.Cl. The number of thiazole rings is 1. The summed E-state index contributed by atoms with van der Waals surface area (Å²) in [4.78, 5) is 32.2. The molecular weight excluding hydrogens is 436 g/mol. The van der Waals surface area contributed by atoms with Crippen LogP contribution in [0.5, 0.6) is 5.75 Å². The topological polar surface area (TPSA) is 88.8 Å². The highest BCUT2D eigenvalue weighted by molar-refractivity contribution is 7.22. The quantitative estimate of drug-likeness (QED) is 0.371. The number of benzene rings is 1. The molecule has 11 heteroatoms. The Morgan fingerprint density at radius 1 is 1.21 bits per heavy atom. The van der Waals surface area contributed by atoms with E-state index in [9.17, 15) is 14.9 Å². The number of carbonyl (C=O) groups excluding carboxylic acids is 1. The number of hydrogen-bond donors (Lipinski definition) is 0. The molecule has 0 aliphatic rings. The molecule has 1 amide bonds. The largest absolute Gasteiger partial charge is 0.497 e. The van der Waals surface area contributed by atoms with Crippen molar-refractivity contribution in [2.24, 2.45) is 0 Å². The van der Waals surface area contributed by atoms with Gasteiger partial charge in [-0.2, -0.15) is 0 Å². The summed E-state index contributed by atoms with van der Waals surface area (Å²) in [6, 6.07) is 8.42. The van der Waals surface area contributed by atoms with Crippen LogP contribution in [-0.4, -0.2) is 55.0 Å². The molecule has 0 saturated carbocycles. The fraction of sp³-hybridized carbons (Fsp3) is 0.333. The van der Waals surface area contributed by atoms with Gasteiger partial charge in [0.15, 0.2) is 5.13 Å². The number of amides is 1. The standard InChI is InChI=1S/C18H20N4O4S2.ClH/c1-20(2)9-4-10-21(17(23)14-7-8-16(27-14)22(24)25)18-19-13-6-5-12(26-3)11-15(13)28-18;/h5-8,11H,4,9-10H2,1-3H3;1H. The van der Waals surface area contributed by atoms with Gasteiger partial charge in [0, 0.05) is 12.6 Å². The molecule has 0 N–H and O–H groups in total. The molecule has 1 aromatic carbocycles. The van der Waals surface area contributed by atoms with Gasteiger partial charge in [0.2, 0.25) is 0 Å². The molecule has 2 heterocycles. The summed E-state index contributed by atoms with van der Waals surface area (Å²) in [6.07, 6.45) is 0.755. The first-order chi connectivity index (χ1) is 13.4. The number of halogens is 1. The van der Waals surface area contributed by atoms with E-state index in [1.807, 2.05) is 37.2 Å². The maximum atomic E-state index is 13.1. The minimum atomic E-state index is -0.484. The predicted molar refractivity (Wildman–Crippen MR) is 119 cm³/mol. The van der Waals surface area contributed by atoms with Crippen molar-refractivity contribution < 1.29 is 14.5 Å². The van der Waals surface area contributed by atoms with Crippen molar-refractivity contribution in [2.75, 3.05) is 39.2 Å². The molecule has 29 heavy (non-hydrogen) atoms. The lowest BCUT2D eigenvalue weighted by Crippen LogP contribution is -2.32. The van der Waals surface area contributed by atoms with E-state index in [2.05, 4.69) is 4.98 Å². The molecule has 0 bridgehead atoms. The van der Waals surface area contributed by atoms with Gasteiger partial charge in [0.05, 0.1) is 27.1 Å². The summed E-state index contributed by atoms with van der Waals surface area (Å²) in [5.74, 6) is 0.449. The van der Waals surface area contributed by atoms with E-state index in [4.69, 9.17) is 4.74 Å². The van der Waals surface area contributed by atoms with Gasteiger partial charge in [-0.05, 0) is 51.3 Å². The number of rotatable bonds is 8. The minimum Gasteiger partial charge on any atom is -0.497 e. The first-order valence-corrected chi connectivity index (χ1v) is 10.2. The second-order valence-corrected chi connectivity index (χ2v) is 8.41. The molecular formula is C18H21ClN4O4S2. The summed E-state index contributed by atoms with van der Waals surface area (Å²) >= 11 is 2.28. The number of nitro groups is 1. The van der Waals surface area contributed by atoms with Crippen LogP contribution in [0.1, 0.15) is 16.1 Å². The molecule has 0 aliphatic heterocycles. The van der Waals surface area contributed by atoms with Crippen molar-refractivity contribution >= 4 is 61.3 Å². The first kappa shape index (κ1) is 23.0. The van der Waals surface area contributed by atoms with E-state index in [-0.39, 0.29) is 23.3 Å². The van der Waals surface area contributed by atoms with Gasteiger partial charge in [-0.15, -0.1) is 12.4 Å². The van der Waals surface area contributed by atoms with Gasteiger partial charge < -0.3 is 9.64 Å². The zero-order valence-electron chi connectivity index (χ0n) is 16.2. The van der Waals surface area contributed by atoms with Crippen LogP contribution in [0.25, 0.3) is 10.2 Å². The van der Waals surface area contributed by atoms with E-state index < -0.39 is 4.92 Å².